The third-order valence-electron chi connectivity index (χ3n) is 6.41. The molecule has 1 unspecified atom stereocenters. The van der Waals surface area contributed by atoms with Crippen LogP contribution in [0.15, 0.2) is 18.2 Å². The number of anilines is 2. The van der Waals surface area contributed by atoms with E-state index in [1.54, 1.807) is 19.0 Å². The molecule has 1 saturated heterocycles. The van der Waals surface area contributed by atoms with Crippen molar-refractivity contribution in [2.75, 3.05) is 50.5 Å². The SMILES string of the molecule is CC1c2nc(N3CCC(Oc4ccc(F)cc4F)CC3)c(NCC(F)F)nc2CCN1C(=O)N(C)C. The second-order valence-electron chi connectivity index (χ2n) is 9.18. The molecule has 1 aromatic carbocycles. The highest BCUT2D eigenvalue weighted by Gasteiger charge is 2.33. The molecule has 0 saturated carbocycles. The van der Waals surface area contributed by atoms with Crippen LogP contribution in [0.3, 0.4) is 0 Å². The van der Waals surface area contributed by atoms with Crippen LogP contribution in [0.5, 0.6) is 5.75 Å². The number of ether oxygens (including phenoxy) is 1. The Morgan fingerprint density at radius 1 is 1.19 bits per heavy atom. The molecule has 2 aromatic rings. The Hall–Kier alpha value is -3.31. The van der Waals surface area contributed by atoms with Crippen LogP contribution < -0.4 is 15.0 Å². The van der Waals surface area contributed by atoms with Gasteiger partial charge in [-0.15, -0.1) is 0 Å². The highest BCUT2D eigenvalue weighted by Crippen LogP contribution is 2.34. The Balaban J connectivity index is 1.54. The molecule has 12 heteroatoms. The minimum Gasteiger partial charge on any atom is -0.487 e. The second kappa shape index (κ2) is 10.8. The number of fused-ring (bicyclic) bond motifs is 1. The Bertz CT molecular complexity index is 1090. The number of rotatable bonds is 6. The van der Waals surface area contributed by atoms with E-state index in [1.165, 1.54) is 11.0 Å². The fraction of sp³-hybridized carbons (Fsp3) is 0.542. The summed E-state index contributed by atoms with van der Waals surface area (Å²) in [6.07, 6.45) is -1.35. The Morgan fingerprint density at radius 3 is 2.56 bits per heavy atom. The first-order chi connectivity index (χ1) is 17.1. The number of carbonyl (C=O) groups is 1. The fourth-order valence-corrected chi connectivity index (χ4v) is 4.53. The Labute approximate surface area is 207 Å². The summed E-state index contributed by atoms with van der Waals surface area (Å²) in [5, 5.41) is 2.72. The number of nitrogens with one attached hydrogen (secondary N) is 1. The highest BCUT2D eigenvalue weighted by molar-refractivity contribution is 5.75. The van der Waals surface area contributed by atoms with Gasteiger partial charge in [0.1, 0.15) is 11.9 Å². The van der Waals surface area contributed by atoms with Crippen LogP contribution >= 0.6 is 0 Å². The summed E-state index contributed by atoms with van der Waals surface area (Å²) in [7, 11) is 3.37. The van der Waals surface area contributed by atoms with E-state index in [-0.39, 0.29) is 29.7 Å². The van der Waals surface area contributed by atoms with Crippen molar-refractivity contribution in [1.82, 2.24) is 19.8 Å². The van der Waals surface area contributed by atoms with Crippen molar-refractivity contribution in [1.29, 1.82) is 0 Å². The standard InChI is InChI=1S/C24H30F4N6O2/c1-14-21-18(8-11-34(14)24(35)32(2)3)30-22(29-13-20(27)28)23(31-21)33-9-6-16(7-10-33)36-19-5-4-15(25)12-17(19)26/h4-5,12,14,16,20H,6-11,13H2,1-3H3,(H,29,30). The zero-order valence-electron chi connectivity index (χ0n) is 20.5. The number of hydrogen-bond acceptors (Lipinski definition) is 6. The maximum Gasteiger partial charge on any atom is 0.320 e. The van der Waals surface area contributed by atoms with Crippen LogP contribution in [0.1, 0.15) is 37.2 Å². The predicted molar refractivity (Wildman–Crippen MR) is 127 cm³/mol. The first-order valence-electron chi connectivity index (χ1n) is 11.9. The molecule has 1 N–H and O–H groups in total. The summed E-state index contributed by atoms with van der Waals surface area (Å²) in [4.78, 5) is 27.2. The molecule has 196 valence electrons. The number of nitrogens with zero attached hydrogens (tertiary/aromatic N) is 5. The lowest BCUT2D eigenvalue weighted by atomic mass is 10.0. The molecule has 2 aliphatic rings. The van der Waals surface area contributed by atoms with Gasteiger partial charge in [-0.25, -0.2) is 32.3 Å². The van der Waals surface area contributed by atoms with E-state index in [4.69, 9.17) is 9.72 Å². The summed E-state index contributed by atoms with van der Waals surface area (Å²) in [5.41, 5.74) is 1.32. The molecule has 2 amide bonds. The molecule has 1 aromatic heterocycles. The second-order valence-corrected chi connectivity index (χ2v) is 9.18. The number of urea groups is 1. The van der Waals surface area contributed by atoms with E-state index < -0.39 is 24.6 Å². The van der Waals surface area contributed by atoms with Crippen molar-refractivity contribution in [3.05, 3.63) is 41.2 Å². The van der Waals surface area contributed by atoms with Crippen LogP contribution in [0.2, 0.25) is 0 Å². The van der Waals surface area contributed by atoms with E-state index in [9.17, 15) is 22.4 Å². The van der Waals surface area contributed by atoms with Crippen LogP contribution in [0, 0.1) is 11.6 Å². The number of amides is 2. The van der Waals surface area contributed by atoms with Gasteiger partial charge in [0, 0.05) is 59.1 Å². The minimum absolute atomic E-state index is 0.0119. The number of benzene rings is 1. The number of alkyl halides is 2. The average Bonchev–Trinajstić information content (AvgIpc) is 2.84. The predicted octanol–water partition coefficient (Wildman–Crippen LogP) is 4.08. The zero-order valence-corrected chi connectivity index (χ0v) is 20.5. The van der Waals surface area contributed by atoms with Crippen LogP contribution in [0.25, 0.3) is 0 Å². The van der Waals surface area contributed by atoms with Crippen molar-refractivity contribution in [3.63, 3.8) is 0 Å². The fourth-order valence-electron chi connectivity index (χ4n) is 4.53. The van der Waals surface area contributed by atoms with Gasteiger partial charge in [-0.05, 0) is 19.1 Å². The molecule has 0 spiro atoms. The monoisotopic (exact) mass is 510 g/mol. The summed E-state index contributed by atoms with van der Waals surface area (Å²) < 4.78 is 58.9. The molecule has 1 fully saturated rings. The van der Waals surface area contributed by atoms with E-state index in [2.05, 4.69) is 10.3 Å². The molecule has 36 heavy (non-hydrogen) atoms. The van der Waals surface area contributed by atoms with Crippen LogP contribution in [0.4, 0.5) is 34.0 Å². The Kier molecular flexibility index (Phi) is 7.70. The largest absolute Gasteiger partial charge is 0.487 e. The molecule has 4 rings (SSSR count). The number of hydrogen-bond donors (Lipinski definition) is 1. The summed E-state index contributed by atoms with van der Waals surface area (Å²) in [5.74, 6) is -0.738. The van der Waals surface area contributed by atoms with Crippen molar-refractivity contribution in [2.24, 2.45) is 0 Å². The normalized spacial score (nSPS) is 18.3. The molecule has 0 aliphatic carbocycles. The summed E-state index contributed by atoms with van der Waals surface area (Å²) in [6, 6.07) is 2.71. The maximum atomic E-state index is 14.0. The van der Waals surface area contributed by atoms with Crippen molar-refractivity contribution in [3.8, 4) is 5.75 Å². The van der Waals surface area contributed by atoms with Gasteiger partial charge in [0.05, 0.1) is 24.0 Å². The van der Waals surface area contributed by atoms with E-state index in [1.807, 2.05) is 11.8 Å². The summed E-state index contributed by atoms with van der Waals surface area (Å²) in [6.45, 7) is 2.71. The lowest BCUT2D eigenvalue weighted by Crippen LogP contribution is -2.45. The maximum absolute atomic E-state index is 14.0. The molecule has 3 heterocycles. The van der Waals surface area contributed by atoms with Crippen LogP contribution in [-0.4, -0.2) is 78.6 Å². The smallest absolute Gasteiger partial charge is 0.320 e. The van der Waals surface area contributed by atoms with Gasteiger partial charge in [0.25, 0.3) is 6.43 Å². The molecule has 8 nitrogen and oxygen atoms in total. The van der Waals surface area contributed by atoms with Gasteiger partial charge < -0.3 is 24.8 Å². The Morgan fingerprint density at radius 2 is 1.92 bits per heavy atom. The quantitative estimate of drug-likeness (QED) is 0.591. The van der Waals surface area contributed by atoms with E-state index in [0.29, 0.717) is 56.1 Å². The number of carbonyl (C=O) groups excluding carboxylic acids is 1. The van der Waals surface area contributed by atoms with E-state index in [0.717, 1.165) is 12.1 Å². The van der Waals surface area contributed by atoms with E-state index >= 15 is 0 Å². The minimum atomic E-state index is -2.56. The van der Waals surface area contributed by atoms with Crippen molar-refractivity contribution < 1.29 is 27.1 Å². The average molecular weight is 511 g/mol. The van der Waals surface area contributed by atoms with Crippen LogP contribution in [-0.2, 0) is 6.42 Å². The third-order valence-corrected chi connectivity index (χ3v) is 6.41. The molecule has 0 bridgehead atoms. The zero-order chi connectivity index (χ0) is 26.0. The molecular weight excluding hydrogens is 480 g/mol. The lowest BCUT2D eigenvalue weighted by molar-refractivity contribution is 0.147. The highest BCUT2D eigenvalue weighted by atomic mass is 19.3. The van der Waals surface area contributed by atoms with Crippen molar-refractivity contribution >= 4 is 17.7 Å². The number of halogens is 4. The summed E-state index contributed by atoms with van der Waals surface area (Å²) >= 11 is 0. The molecule has 2 aliphatic heterocycles. The topological polar surface area (TPSA) is 73.8 Å². The first kappa shape index (κ1) is 25.8. The molecular formula is C24H30F4N6O2. The van der Waals surface area contributed by atoms with Gasteiger partial charge in [0.15, 0.2) is 23.2 Å². The number of aromatic nitrogens is 2. The van der Waals surface area contributed by atoms with Gasteiger partial charge in [-0.1, -0.05) is 0 Å². The van der Waals surface area contributed by atoms with Gasteiger partial charge in [-0.2, -0.15) is 0 Å². The first-order valence-corrected chi connectivity index (χ1v) is 11.9. The third kappa shape index (κ3) is 5.57. The van der Waals surface area contributed by atoms with Crippen molar-refractivity contribution in [2.45, 2.75) is 44.8 Å². The number of piperidine rings is 1. The molecule has 0 radical (unpaired) electrons. The van der Waals surface area contributed by atoms with Gasteiger partial charge >= 0.3 is 6.03 Å². The molecule has 1 atom stereocenters. The van der Waals surface area contributed by atoms with Gasteiger partial charge in [-0.3, -0.25) is 0 Å². The lowest BCUT2D eigenvalue weighted by Gasteiger charge is -2.38. The van der Waals surface area contributed by atoms with Gasteiger partial charge in [0.2, 0.25) is 0 Å².